The van der Waals surface area contributed by atoms with Crippen LogP contribution in [0.2, 0.25) is 0 Å². The summed E-state index contributed by atoms with van der Waals surface area (Å²) in [4.78, 5) is 11.9. The van der Waals surface area contributed by atoms with E-state index in [0.29, 0.717) is 37.4 Å². The second kappa shape index (κ2) is 3.49. The van der Waals surface area contributed by atoms with E-state index in [1.54, 1.807) is 18.2 Å². The van der Waals surface area contributed by atoms with Crippen molar-refractivity contribution < 1.29 is 14.3 Å². The van der Waals surface area contributed by atoms with E-state index in [1.165, 1.54) is 0 Å². The van der Waals surface area contributed by atoms with Gasteiger partial charge in [0.15, 0.2) is 5.72 Å². The van der Waals surface area contributed by atoms with E-state index in [0.717, 1.165) is 0 Å². The summed E-state index contributed by atoms with van der Waals surface area (Å²) in [6.07, 6.45) is 1.38. The minimum atomic E-state index is -0.572. The van der Waals surface area contributed by atoms with E-state index in [-0.39, 0.29) is 5.91 Å². The largest absolute Gasteiger partial charge is 0.467 e. The SMILES string of the molecule is O=C1NC2(CCOCC2)Oc2c[c]ccc21. The second-order valence-corrected chi connectivity index (χ2v) is 4.09. The number of hydrogen-bond acceptors (Lipinski definition) is 3. The lowest BCUT2D eigenvalue weighted by Gasteiger charge is -2.41. The van der Waals surface area contributed by atoms with E-state index in [4.69, 9.17) is 9.47 Å². The molecule has 1 fully saturated rings. The van der Waals surface area contributed by atoms with Crippen molar-refractivity contribution in [1.29, 1.82) is 0 Å². The van der Waals surface area contributed by atoms with Crippen LogP contribution in [0, 0.1) is 6.07 Å². The average molecular weight is 218 g/mol. The van der Waals surface area contributed by atoms with Gasteiger partial charge < -0.3 is 14.8 Å². The van der Waals surface area contributed by atoms with Crippen molar-refractivity contribution in [1.82, 2.24) is 5.32 Å². The molecule has 83 valence electrons. The van der Waals surface area contributed by atoms with Crippen LogP contribution in [0.1, 0.15) is 23.2 Å². The van der Waals surface area contributed by atoms with E-state index in [1.807, 2.05) is 0 Å². The summed E-state index contributed by atoms with van der Waals surface area (Å²) in [6.45, 7) is 1.23. The maximum Gasteiger partial charge on any atom is 0.258 e. The van der Waals surface area contributed by atoms with Crippen molar-refractivity contribution in [3.8, 4) is 5.75 Å². The molecule has 0 aliphatic carbocycles. The van der Waals surface area contributed by atoms with Crippen LogP contribution < -0.4 is 10.1 Å². The van der Waals surface area contributed by atoms with Crippen molar-refractivity contribution in [2.75, 3.05) is 13.2 Å². The summed E-state index contributed by atoms with van der Waals surface area (Å²) in [5.74, 6) is 0.547. The molecule has 2 heterocycles. The first kappa shape index (κ1) is 9.66. The molecular formula is C12H12NO3. The average Bonchev–Trinajstić information content (AvgIpc) is 2.30. The molecule has 0 saturated carbocycles. The quantitative estimate of drug-likeness (QED) is 0.709. The Morgan fingerprint density at radius 1 is 1.38 bits per heavy atom. The Bertz CT molecular complexity index is 424. The van der Waals surface area contributed by atoms with Gasteiger partial charge in [-0.25, -0.2) is 0 Å². The highest BCUT2D eigenvalue weighted by atomic mass is 16.5. The fraction of sp³-hybridized carbons (Fsp3) is 0.417. The molecule has 4 nitrogen and oxygen atoms in total. The zero-order chi connectivity index (χ0) is 11.0. The zero-order valence-corrected chi connectivity index (χ0v) is 8.79. The van der Waals surface area contributed by atoms with Gasteiger partial charge in [0.2, 0.25) is 0 Å². The smallest absolute Gasteiger partial charge is 0.258 e. The predicted octanol–water partition coefficient (Wildman–Crippen LogP) is 1.12. The molecule has 0 unspecified atom stereocenters. The predicted molar refractivity (Wildman–Crippen MR) is 56.2 cm³/mol. The Morgan fingerprint density at radius 3 is 3.00 bits per heavy atom. The summed E-state index contributed by atoms with van der Waals surface area (Å²) in [5.41, 5.74) is 0.00761. The van der Waals surface area contributed by atoms with Crippen molar-refractivity contribution in [2.24, 2.45) is 0 Å². The number of ether oxygens (including phenoxy) is 2. The van der Waals surface area contributed by atoms with Crippen LogP contribution in [0.5, 0.6) is 5.75 Å². The Labute approximate surface area is 93.5 Å². The van der Waals surface area contributed by atoms with Crippen LogP contribution in [-0.2, 0) is 4.74 Å². The summed E-state index contributed by atoms with van der Waals surface area (Å²) < 4.78 is 11.2. The first-order valence-corrected chi connectivity index (χ1v) is 5.38. The van der Waals surface area contributed by atoms with Crippen LogP contribution in [-0.4, -0.2) is 24.8 Å². The summed E-state index contributed by atoms with van der Waals surface area (Å²) in [6, 6.07) is 8.07. The number of benzene rings is 1. The highest BCUT2D eigenvalue weighted by molar-refractivity contribution is 5.98. The molecule has 1 aromatic rings. The Hall–Kier alpha value is -1.55. The van der Waals surface area contributed by atoms with Gasteiger partial charge in [-0.1, -0.05) is 6.07 Å². The summed E-state index contributed by atoms with van der Waals surface area (Å²) in [5, 5.41) is 2.93. The van der Waals surface area contributed by atoms with Crippen LogP contribution in [0.15, 0.2) is 18.2 Å². The number of amides is 1. The number of hydrogen-bond donors (Lipinski definition) is 1. The zero-order valence-electron chi connectivity index (χ0n) is 8.79. The molecule has 16 heavy (non-hydrogen) atoms. The Kier molecular flexibility index (Phi) is 2.11. The van der Waals surface area contributed by atoms with Gasteiger partial charge in [0.25, 0.3) is 5.91 Å². The molecule has 0 aromatic heterocycles. The molecule has 1 radical (unpaired) electrons. The van der Waals surface area contributed by atoms with Crippen molar-refractivity contribution >= 4 is 5.91 Å². The number of carbonyl (C=O) groups excluding carboxylic acids is 1. The van der Waals surface area contributed by atoms with Crippen LogP contribution >= 0.6 is 0 Å². The molecule has 4 heteroatoms. The normalized spacial score (nSPS) is 22.1. The highest BCUT2D eigenvalue weighted by Gasteiger charge is 2.40. The number of rotatable bonds is 0. The van der Waals surface area contributed by atoms with Crippen molar-refractivity contribution in [2.45, 2.75) is 18.6 Å². The topological polar surface area (TPSA) is 47.6 Å². The third kappa shape index (κ3) is 1.46. The molecule has 3 rings (SSSR count). The van der Waals surface area contributed by atoms with Crippen molar-refractivity contribution in [3.63, 3.8) is 0 Å². The lowest BCUT2D eigenvalue weighted by Crippen LogP contribution is -2.58. The standard InChI is InChI=1S/C12H12NO3/c14-11-9-3-1-2-4-10(9)16-12(13-11)5-7-15-8-6-12/h1,3-4H,5-8H2,(H,13,14). The van der Waals surface area contributed by atoms with Gasteiger partial charge in [-0.15, -0.1) is 0 Å². The molecule has 1 aromatic carbocycles. The van der Waals surface area contributed by atoms with Crippen LogP contribution in [0.3, 0.4) is 0 Å². The van der Waals surface area contributed by atoms with Gasteiger partial charge in [-0.05, 0) is 18.2 Å². The van der Waals surface area contributed by atoms with Gasteiger partial charge >= 0.3 is 0 Å². The molecular weight excluding hydrogens is 206 g/mol. The molecule has 1 amide bonds. The van der Waals surface area contributed by atoms with E-state index >= 15 is 0 Å². The van der Waals surface area contributed by atoms with E-state index in [9.17, 15) is 4.79 Å². The molecule has 0 atom stereocenters. The molecule has 2 aliphatic rings. The lowest BCUT2D eigenvalue weighted by molar-refractivity contribution is -0.0661. The maximum absolute atomic E-state index is 11.9. The molecule has 1 saturated heterocycles. The lowest BCUT2D eigenvalue weighted by atomic mass is 10.0. The minimum Gasteiger partial charge on any atom is -0.467 e. The third-order valence-corrected chi connectivity index (χ3v) is 3.02. The van der Waals surface area contributed by atoms with Gasteiger partial charge in [0.05, 0.1) is 18.8 Å². The van der Waals surface area contributed by atoms with Gasteiger partial charge in [-0.3, -0.25) is 4.79 Å². The Morgan fingerprint density at radius 2 is 2.19 bits per heavy atom. The molecule has 0 bridgehead atoms. The molecule has 1 N–H and O–H groups in total. The first-order chi connectivity index (χ1) is 7.79. The first-order valence-electron chi connectivity index (χ1n) is 5.38. The number of carbonyl (C=O) groups is 1. The summed E-state index contributed by atoms with van der Waals surface area (Å²) in [7, 11) is 0. The molecule has 1 spiro atoms. The Balaban J connectivity index is 1.96. The van der Waals surface area contributed by atoms with Crippen LogP contribution in [0.4, 0.5) is 0 Å². The third-order valence-electron chi connectivity index (χ3n) is 3.02. The van der Waals surface area contributed by atoms with Gasteiger partial charge in [-0.2, -0.15) is 0 Å². The van der Waals surface area contributed by atoms with Gasteiger partial charge in [0, 0.05) is 12.8 Å². The maximum atomic E-state index is 11.9. The summed E-state index contributed by atoms with van der Waals surface area (Å²) >= 11 is 0. The number of fused-ring (bicyclic) bond motifs is 1. The molecule has 2 aliphatic heterocycles. The van der Waals surface area contributed by atoms with Crippen LogP contribution in [0.25, 0.3) is 0 Å². The van der Waals surface area contributed by atoms with Gasteiger partial charge in [0.1, 0.15) is 5.75 Å². The van der Waals surface area contributed by atoms with Crippen molar-refractivity contribution in [3.05, 3.63) is 29.8 Å². The monoisotopic (exact) mass is 218 g/mol. The minimum absolute atomic E-state index is 0.0721. The van der Waals surface area contributed by atoms with E-state index < -0.39 is 5.72 Å². The fourth-order valence-corrected chi connectivity index (χ4v) is 2.13. The second-order valence-electron chi connectivity index (χ2n) is 4.09. The number of nitrogens with one attached hydrogen (secondary N) is 1. The van der Waals surface area contributed by atoms with E-state index in [2.05, 4.69) is 11.4 Å². The highest BCUT2D eigenvalue weighted by Crippen LogP contribution is 2.32. The fourth-order valence-electron chi connectivity index (χ4n) is 2.13.